The smallest absolute Gasteiger partial charge is 0.341 e. The van der Waals surface area contributed by atoms with Gasteiger partial charge < -0.3 is 14.7 Å². The van der Waals surface area contributed by atoms with Crippen molar-refractivity contribution in [3.63, 3.8) is 0 Å². The first-order chi connectivity index (χ1) is 10.0. The molecule has 1 aromatic rings. The van der Waals surface area contributed by atoms with Crippen molar-refractivity contribution in [2.75, 3.05) is 25.7 Å². The highest BCUT2D eigenvalue weighted by molar-refractivity contribution is 7.98. The van der Waals surface area contributed by atoms with Crippen LogP contribution in [0.2, 0.25) is 0 Å². The molecule has 0 atom stereocenters. The van der Waals surface area contributed by atoms with Crippen molar-refractivity contribution in [3.05, 3.63) is 29.8 Å². The summed E-state index contributed by atoms with van der Waals surface area (Å²) in [4.78, 5) is 24.0. The quantitative estimate of drug-likeness (QED) is 0.709. The normalized spacial score (nSPS) is 10.2. The molecule has 5 nitrogen and oxygen atoms in total. The molecule has 0 saturated heterocycles. The number of carboxylic acid groups (broad SMARTS) is 1. The summed E-state index contributed by atoms with van der Waals surface area (Å²) in [6.07, 6.45) is 3.49. The Morgan fingerprint density at radius 3 is 2.52 bits per heavy atom. The summed E-state index contributed by atoms with van der Waals surface area (Å²) < 4.78 is 5.06. The number of carbonyl (C=O) groups is 2. The second-order valence-corrected chi connectivity index (χ2v) is 5.66. The molecule has 1 N–H and O–H groups in total. The highest BCUT2D eigenvalue weighted by Gasteiger charge is 2.09. The van der Waals surface area contributed by atoms with Crippen LogP contribution < -0.4 is 4.74 Å². The molecule has 0 aliphatic carbocycles. The summed E-state index contributed by atoms with van der Waals surface area (Å²) in [5.74, 6) is 0.634. The van der Waals surface area contributed by atoms with Gasteiger partial charge in [-0.15, -0.1) is 0 Å². The number of amides is 1. The van der Waals surface area contributed by atoms with Gasteiger partial charge >= 0.3 is 5.97 Å². The molecule has 6 heteroatoms. The molecule has 0 fully saturated rings. The lowest BCUT2D eigenvalue weighted by Crippen LogP contribution is -2.25. The maximum atomic E-state index is 11.9. The van der Waals surface area contributed by atoms with Crippen molar-refractivity contribution in [3.8, 4) is 5.75 Å². The first-order valence-corrected chi connectivity index (χ1v) is 8.08. The van der Waals surface area contributed by atoms with Crippen LogP contribution in [0.4, 0.5) is 0 Å². The molecular formula is C15H21NO4S. The van der Waals surface area contributed by atoms with Gasteiger partial charge in [-0.1, -0.05) is 12.1 Å². The number of ether oxygens (including phenoxy) is 1. The Bertz CT molecular complexity index is 461. The van der Waals surface area contributed by atoms with Crippen LogP contribution in [0.1, 0.15) is 18.4 Å². The van der Waals surface area contributed by atoms with Gasteiger partial charge in [0.05, 0.1) is 0 Å². The van der Waals surface area contributed by atoms with Gasteiger partial charge in [-0.2, -0.15) is 11.8 Å². The lowest BCUT2D eigenvalue weighted by Gasteiger charge is -2.17. The van der Waals surface area contributed by atoms with E-state index in [9.17, 15) is 9.59 Å². The maximum absolute atomic E-state index is 11.9. The van der Waals surface area contributed by atoms with Crippen LogP contribution in [0.3, 0.4) is 0 Å². The SMILES string of the molecule is CSCCCC(=O)N(C)Cc1ccc(OCC(=O)O)cc1. The van der Waals surface area contributed by atoms with Crippen LogP contribution in [0, 0.1) is 0 Å². The van der Waals surface area contributed by atoms with E-state index in [1.165, 1.54) is 0 Å². The van der Waals surface area contributed by atoms with E-state index < -0.39 is 5.97 Å². The summed E-state index contributed by atoms with van der Waals surface area (Å²) in [5, 5.41) is 8.53. The van der Waals surface area contributed by atoms with E-state index in [1.807, 2.05) is 18.4 Å². The average Bonchev–Trinajstić information content (AvgIpc) is 2.46. The third kappa shape index (κ3) is 7.04. The zero-order chi connectivity index (χ0) is 15.7. The number of benzene rings is 1. The van der Waals surface area contributed by atoms with E-state index in [-0.39, 0.29) is 12.5 Å². The van der Waals surface area contributed by atoms with E-state index in [0.717, 1.165) is 17.7 Å². The van der Waals surface area contributed by atoms with Crippen molar-refractivity contribution in [2.24, 2.45) is 0 Å². The first kappa shape index (κ1) is 17.4. The van der Waals surface area contributed by atoms with Gasteiger partial charge in [-0.05, 0) is 36.1 Å². The molecule has 1 aromatic carbocycles. The molecule has 0 saturated carbocycles. The molecule has 1 rings (SSSR count). The van der Waals surface area contributed by atoms with Crippen molar-refractivity contribution in [1.82, 2.24) is 4.90 Å². The minimum atomic E-state index is -1.00. The maximum Gasteiger partial charge on any atom is 0.341 e. The highest BCUT2D eigenvalue weighted by atomic mass is 32.2. The second kappa shape index (κ2) is 9.28. The Kier molecular flexibility index (Phi) is 7.68. The fourth-order valence-electron chi connectivity index (χ4n) is 1.76. The number of carboxylic acids is 1. The molecule has 0 spiro atoms. The van der Waals surface area contributed by atoms with Gasteiger partial charge in [0.25, 0.3) is 0 Å². The number of aliphatic carboxylic acids is 1. The van der Waals surface area contributed by atoms with Crippen LogP contribution >= 0.6 is 11.8 Å². The number of carbonyl (C=O) groups excluding carboxylic acids is 1. The van der Waals surface area contributed by atoms with Gasteiger partial charge in [0, 0.05) is 20.0 Å². The summed E-state index contributed by atoms with van der Waals surface area (Å²) in [6, 6.07) is 7.10. The molecule has 116 valence electrons. The number of hydrogen-bond acceptors (Lipinski definition) is 4. The third-order valence-corrected chi connectivity index (χ3v) is 3.57. The Labute approximate surface area is 129 Å². The lowest BCUT2D eigenvalue weighted by molar-refractivity contribution is -0.139. The number of thioether (sulfide) groups is 1. The lowest BCUT2D eigenvalue weighted by atomic mass is 10.2. The Morgan fingerprint density at radius 2 is 1.95 bits per heavy atom. The minimum absolute atomic E-state index is 0.134. The van der Waals surface area contributed by atoms with Crippen molar-refractivity contribution < 1.29 is 19.4 Å². The minimum Gasteiger partial charge on any atom is -0.482 e. The Hall–Kier alpha value is -1.69. The van der Waals surface area contributed by atoms with Gasteiger partial charge in [-0.25, -0.2) is 4.79 Å². The molecular weight excluding hydrogens is 290 g/mol. The van der Waals surface area contributed by atoms with E-state index in [1.54, 1.807) is 35.8 Å². The van der Waals surface area contributed by atoms with E-state index >= 15 is 0 Å². The molecule has 0 unspecified atom stereocenters. The van der Waals surface area contributed by atoms with Crippen LogP contribution in [-0.2, 0) is 16.1 Å². The van der Waals surface area contributed by atoms with Crippen LogP contribution in [-0.4, -0.2) is 47.5 Å². The Morgan fingerprint density at radius 1 is 1.29 bits per heavy atom. The molecule has 0 aromatic heterocycles. The molecule has 21 heavy (non-hydrogen) atoms. The average molecular weight is 311 g/mol. The molecule has 1 amide bonds. The zero-order valence-corrected chi connectivity index (χ0v) is 13.2. The van der Waals surface area contributed by atoms with Gasteiger partial charge in [-0.3, -0.25) is 4.79 Å². The summed E-state index contributed by atoms with van der Waals surface area (Å²) in [6.45, 7) is 0.185. The van der Waals surface area contributed by atoms with E-state index in [4.69, 9.17) is 9.84 Å². The molecule has 0 bridgehead atoms. The second-order valence-electron chi connectivity index (χ2n) is 4.67. The standard InChI is InChI=1S/C15H21NO4S/c1-16(14(17)4-3-9-21-2)10-12-5-7-13(8-6-12)20-11-15(18)19/h5-8H,3-4,9-11H2,1-2H3,(H,18,19). The largest absolute Gasteiger partial charge is 0.482 e. The zero-order valence-electron chi connectivity index (χ0n) is 12.4. The fourth-order valence-corrected chi connectivity index (χ4v) is 2.19. The summed E-state index contributed by atoms with van der Waals surface area (Å²) in [7, 11) is 1.79. The topological polar surface area (TPSA) is 66.8 Å². The molecule has 0 heterocycles. The summed E-state index contributed by atoms with van der Waals surface area (Å²) >= 11 is 1.74. The number of nitrogens with zero attached hydrogens (tertiary/aromatic N) is 1. The van der Waals surface area contributed by atoms with Crippen LogP contribution in [0.15, 0.2) is 24.3 Å². The predicted octanol–water partition coefficient (Wildman–Crippen LogP) is 2.25. The van der Waals surface area contributed by atoms with Gasteiger partial charge in [0.1, 0.15) is 5.75 Å². The third-order valence-electron chi connectivity index (χ3n) is 2.87. The molecule has 0 radical (unpaired) electrons. The highest BCUT2D eigenvalue weighted by Crippen LogP contribution is 2.14. The van der Waals surface area contributed by atoms with Crippen LogP contribution in [0.5, 0.6) is 5.75 Å². The van der Waals surface area contributed by atoms with Gasteiger partial charge in [0.2, 0.25) is 5.91 Å². The molecule has 0 aliphatic heterocycles. The predicted molar refractivity (Wildman–Crippen MR) is 83.7 cm³/mol. The monoisotopic (exact) mass is 311 g/mol. The number of hydrogen-bond donors (Lipinski definition) is 1. The van der Waals surface area contributed by atoms with E-state index in [2.05, 4.69) is 0 Å². The first-order valence-electron chi connectivity index (χ1n) is 6.69. The van der Waals surface area contributed by atoms with Crippen LogP contribution in [0.25, 0.3) is 0 Å². The van der Waals surface area contributed by atoms with Crippen molar-refractivity contribution in [1.29, 1.82) is 0 Å². The van der Waals surface area contributed by atoms with Gasteiger partial charge in [0.15, 0.2) is 6.61 Å². The van der Waals surface area contributed by atoms with E-state index in [0.29, 0.717) is 18.7 Å². The fraction of sp³-hybridized carbons (Fsp3) is 0.467. The Balaban J connectivity index is 2.43. The van der Waals surface area contributed by atoms with Crippen molar-refractivity contribution in [2.45, 2.75) is 19.4 Å². The van der Waals surface area contributed by atoms with Crippen molar-refractivity contribution >= 4 is 23.6 Å². The molecule has 0 aliphatic rings. The number of rotatable bonds is 9. The summed E-state index contributed by atoms with van der Waals surface area (Å²) in [5.41, 5.74) is 0.985.